The van der Waals surface area contributed by atoms with E-state index in [4.69, 9.17) is 22.1 Å². The molecule has 1 unspecified atom stereocenters. The molecule has 2 N–H and O–H groups in total. The normalized spacial score (nSPS) is 24.5. The number of likely N-dealkylation sites (tertiary alicyclic amines) is 1. The van der Waals surface area contributed by atoms with Crippen molar-refractivity contribution in [3.05, 3.63) is 76.3 Å². The van der Waals surface area contributed by atoms with E-state index in [1.54, 1.807) is 42.7 Å². The van der Waals surface area contributed by atoms with Crippen molar-refractivity contribution in [2.24, 2.45) is 22.5 Å². The number of carbonyl (C=O) groups excluding carboxylic acids is 5. The van der Waals surface area contributed by atoms with E-state index in [1.807, 2.05) is 39.8 Å². The fourth-order valence-electron chi connectivity index (χ4n) is 10.4. The van der Waals surface area contributed by atoms with Gasteiger partial charge in [-0.2, -0.15) is 5.26 Å². The smallest absolute Gasteiger partial charge is 0.286 e. The van der Waals surface area contributed by atoms with Crippen LogP contribution in [0, 0.1) is 28.1 Å². The van der Waals surface area contributed by atoms with Crippen molar-refractivity contribution in [3.8, 4) is 11.8 Å². The number of aromatic nitrogens is 2. The quantitative estimate of drug-likeness (QED) is 0.305. The van der Waals surface area contributed by atoms with Crippen LogP contribution in [0.3, 0.4) is 0 Å². The van der Waals surface area contributed by atoms with Gasteiger partial charge in [0, 0.05) is 74.8 Å². The number of piperidine rings is 2. The number of hydrogen-bond acceptors (Lipinski definition) is 12. The van der Waals surface area contributed by atoms with Gasteiger partial charge in [-0.3, -0.25) is 38.7 Å². The van der Waals surface area contributed by atoms with Crippen LogP contribution >= 0.6 is 11.6 Å². The van der Waals surface area contributed by atoms with E-state index < -0.39 is 52.6 Å². The molecule has 5 heterocycles. The number of imide groups is 2. The average molecular weight is 822 g/mol. The summed E-state index contributed by atoms with van der Waals surface area (Å²) in [4.78, 5) is 84.7. The topological polar surface area (TPSA) is 186 Å². The van der Waals surface area contributed by atoms with Gasteiger partial charge in [-0.1, -0.05) is 39.3 Å². The van der Waals surface area contributed by atoms with Crippen LogP contribution in [0.5, 0.6) is 5.75 Å². The van der Waals surface area contributed by atoms with Crippen molar-refractivity contribution in [2.75, 3.05) is 55.6 Å². The number of rotatable bonds is 9. The maximum Gasteiger partial charge on any atom is 0.286 e. The first-order valence-electron chi connectivity index (χ1n) is 20.2. The zero-order valence-corrected chi connectivity index (χ0v) is 34.4. The molecular formula is C43H48ClN9O6. The summed E-state index contributed by atoms with van der Waals surface area (Å²) in [5.74, 6) is -1.56. The number of halogens is 1. The Kier molecular flexibility index (Phi) is 10.4. The Labute approximate surface area is 348 Å². The van der Waals surface area contributed by atoms with Gasteiger partial charge in [0.25, 0.3) is 23.6 Å². The number of benzene rings is 2. The van der Waals surface area contributed by atoms with E-state index in [2.05, 4.69) is 24.7 Å². The molecule has 4 aliphatic heterocycles. The summed E-state index contributed by atoms with van der Waals surface area (Å²) in [5.41, 5.74) is 6.46. The van der Waals surface area contributed by atoms with Crippen molar-refractivity contribution in [1.82, 2.24) is 24.7 Å². The third kappa shape index (κ3) is 7.05. The number of primary amides is 1. The number of nitriles is 1. The van der Waals surface area contributed by atoms with Crippen LogP contribution in [-0.2, 0) is 9.59 Å². The summed E-state index contributed by atoms with van der Waals surface area (Å²) in [6, 6.07) is 10.5. The fraction of sp³-hybridized carbons (Fsp3) is 0.488. The molecule has 0 bridgehead atoms. The minimum absolute atomic E-state index is 0.0129. The molecule has 15 nitrogen and oxygen atoms in total. The first-order valence-corrected chi connectivity index (χ1v) is 20.6. The predicted molar refractivity (Wildman–Crippen MR) is 218 cm³/mol. The van der Waals surface area contributed by atoms with Gasteiger partial charge < -0.3 is 20.3 Å². The van der Waals surface area contributed by atoms with E-state index >= 15 is 0 Å². The zero-order valence-electron chi connectivity index (χ0n) is 33.7. The molecule has 2 aromatic carbocycles. The van der Waals surface area contributed by atoms with Crippen molar-refractivity contribution >= 4 is 52.5 Å². The molecule has 5 aliphatic rings. The third-order valence-corrected chi connectivity index (χ3v) is 13.4. The molecule has 3 saturated heterocycles. The molecule has 308 valence electrons. The molecule has 1 aromatic heterocycles. The van der Waals surface area contributed by atoms with Crippen LogP contribution in [0.4, 0.5) is 11.4 Å². The van der Waals surface area contributed by atoms with E-state index in [0.29, 0.717) is 17.2 Å². The number of ether oxygens (including phenoxy) is 1. The first-order chi connectivity index (χ1) is 28.1. The summed E-state index contributed by atoms with van der Waals surface area (Å²) < 4.78 is 6.40. The molecule has 0 radical (unpaired) electrons. The average Bonchev–Trinajstić information content (AvgIpc) is 3.46. The Morgan fingerprint density at radius 1 is 0.847 bits per heavy atom. The Hall–Kier alpha value is -5.59. The number of anilines is 2. The second kappa shape index (κ2) is 15.2. The lowest BCUT2D eigenvalue weighted by Gasteiger charge is -2.65. The SMILES string of the molecule is CC1(C)C(Oc2ccc(C#N)c(Cl)c2)C(C)(C)C1N1C(=O)CCC(N2C(=O)c3ccc(N4CCN(CC5CCN(c6cnc(C(N)=O)nc6)CC5)CC4)cc3C2=O)C1=O. The lowest BCUT2D eigenvalue weighted by molar-refractivity contribution is -0.216. The van der Waals surface area contributed by atoms with Crippen LogP contribution in [0.15, 0.2) is 48.8 Å². The van der Waals surface area contributed by atoms with Crippen molar-refractivity contribution < 1.29 is 28.7 Å². The molecule has 1 saturated carbocycles. The number of carbonyl (C=O) groups is 5. The van der Waals surface area contributed by atoms with Crippen molar-refractivity contribution in [2.45, 2.75) is 71.6 Å². The van der Waals surface area contributed by atoms with Gasteiger partial charge in [0.2, 0.25) is 11.7 Å². The summed E-state index contributed by atoms with van der Waals surface area (Å²) >= 11 is 6.27. The highest BCUT2D eigenvalue weighted by atomic mass is 35.5. The van der Waals surface area contributed by atoms with Crippen LogP contribution in [-0.4, -0.2) is 118 Å². The van der Waals surface area contributed by atoms with Crippen molar-refractivity contribution in [1.29, 1.82) is 5.26 Å². The van der Waals surface area contributed by atoms with Crippen LogP contribution in [0.25, 0.3) is 0 Å². The number of piperazine rings is 1. The summed E-state index contributed by atoms with van der Waals surface area (Å²) in [5, 5.41) is 9.55. The number of nitrogens with zero attached hydrogens (tertiary/aromatic N) is 8. The van der Waals surface area contributed by atoms with Crippen LogP contribution in [0.1, 0.15) is 90.3 Å². The van der Waals surface area contributed by atoms with Crippen LogP contribution in [0.2, 0.25) is 5.02 Å². The Bertz CT molecular complexity index is 2240. The highest BCUT2D eigenvalue weighted by Gasteiger charge is 2.68. The predicted octanol–water partition coefficient (Wildman–Crippen LogP) is 4.13. The molecule has 3 aromatic rings. The Balaban J connectivity index is 0.886. The molecule has 0 spiro atoms. The second-order valence-electron chi connectivity index (χ2n) is 17.5. The second-order valence-corrected chi connectivity index (χ2v) is 17.9. The number of nitrogens with two attached hydrogens (primary N) is 1. The zero-order chi connectivity index (χ0) is 42.0. The summed E-state index contributed by atoms with van der Waals surface area (Å²) in [6.07, 6.45) is 5.01. The molecule has 8 rings (SSSR count). The van der Waals surface area contributed by atoms with Crippen LogP contribution < -0.4 is 20.3 Å². The van der Waals surface area contributed by atoms with E-state index in [0.717, 1.165) is 74.9 Å². The van der Waals surface area contributed by atoms with E-state index in [9.17, 15) is 29.2 Å². The van der Waals surface area contributed by atoms with E-state index in [-0.39, 0.29) is 40.7 Å². The molecule has 5 amide bonds. The molecule has 16 heteroatoms. The summed E-state index contributed by atoms with van der Waals surface area (Å²) in [6.45, 7) is 13.7. The maximum atomic E-state index is 14.4. The van der Waals surface area contributed by atoms with Gasteiger partial charge >= 0.3 is 0 Å². The lowest BCUT2D eigenvalue weighted by atomic mass is 9.48. The summed E-state index contributed by atoms with van der Waals surface area (Å²) in [7, 11) is 0. The number of hydrogen-bond donors (Lipinski definition) is 1. The first kappa shape index (κ1) is 40.2. The minimum Gasteiger partial charge on any atom is -0.489 e. The molecule has 4 fully saturated rings. The standard InChI is InChI=1S/C43H48ClN9O6/c1-42(2)40(43(3,4)41(42)59-29-7-5-26(21-45)32(44)20-29)53-34(54)10-9-33(39(53)58)52-37(56)30-8-6-27(19-31(30)38(52)57)51-17-15-49(16-18-51)24-25-11-13-50(14-12-25)28-22-47-36(35(46)55)48-23-28/h5-8,19-20,22-23,25,33,40-41H,9-18,24H2,1-4H3,(H2,46,55). The molecule has 1 aliphatic carbocycles. The highest BCUT2D eigenvalue weighted by Crippen LogP contribution is 2.58. The lowest BCUT2D eigenvalue weighted by Crippen LogP contribution is -2.77. The van der Waals surface area contributed by atoms with Gasteiger partial charge in [-0.15, -0.1) is 0 Å². The molecule has 1 atom stereocenters. The maximum absolute atomic E-state index is 14.4. The Morgan fingerprint density at radius 2 is 1.49 bits per heavy atom. The van der Waals surface area contributed by atoms with Gasteiger partial charge in [-0.05, 0) is 55.5 Å². The third-order valence-electron chi connectivity index (χ3n) is 13.1. The van der Waals surface area contributed by atoms with Gasteiger partial charge in [0.15, 0.2) is 0 Å². The highest BCUT2D eigenvalue weighted by molar-refractivity contribution is 6.31. The van der Waals surface area contributed by atoms with Gasteiger partial charge in [0.1, 0.15) is 24.0 Å². The molecule has 59 heavy (non-hydrogen) atoms. The van der Waals surface area contributed by atoms with Crippen molar-refractivity contribution in [3.63, 3.8) is 0 Å². The monoisotopic (exact) mass is 821 g/mol. The number of fused-ring (bicyclic) bond motifs is 1. The minimum atomic E-state index is -1.11. The van der Waals surface area contributed by atoms with Gasteiger partial charge in [0.05, 0.1) is 45.8 Å². The Morgan fingerprint density at radius 3 is 2.12 bits per heavy atom. The molecular weight excluding hydrogens is 774 g/mol. The van der Waals surface area contributed by atoms with Gasteiger partial charge in [-0.25, -0.2) is 9.97 Å². The number of amides is 5. The fourth-order valence-corrected chi connectivity index (χ4v) is 10.7. The largest absolute Gasteiger partial charge is 0.489 e. The van der Waals surface area contributed by atoms with E-state index in [1.165, 1.54) is 4.90 Å².